The third kappa shape index (κ3) is 3.23. The van der Waals surface area contributed by atoms with Crippen molar-refractivity contribution in [2.75, 3.05) is 13.1 Å². The zero-order chi connectivity index (χ0) is 16.5. The van der Waals surface area contributed by atoms with Crippen molar-refractivity contribution in [3.05, 3.63) is 58.8 Å². The number of rotatable bonds is 4. The van der Waals surface area contributed by atoms with E-state index < -0.39 is 0 Å². The summed E-state index contributed by atoms with van der Waals surface area (Å²) in [7, 11) is 0. The molecule has 0 radical (unpaired) electrons. The second kappa shape index (κ2) is 6.42. The molecule has 0 N–H and O–H groups in total. The van der Waals surface area contributed by atoms with Crippen molar-refractivity contribution in [2.45, 2.75) is 25.8 Å². The van der Waals surface area contributed by atoms with Crippen LogP contribution in [0.25, 0.3) is 11.5 Å². The Morgan fingerprint density at radius 2 is 1.96 bits per heavy atom. The molecule has 1 saturated heterocycles. The average molecular weight is 344 g/mol. The third-order valence-electron chi connectivity index (χ3n) is 4.33. The number of likely N-dealkylation sites (tertiary alicyclic amines) is 1. The number of furan rings is 1. The summed E-state index contributed by atoms with van der Waals surface area (Å²) in [5, 5.41) is 9.11. The standard InChI is InChI=1S/C18H18ClN3O2/c1-12-2-7-16(23-12)11-22-9-8-14(10-22)18-21-20-17(24-18)13-3-5-15(19)6-4-13/h2-7,14H,8-11H2,1H3/t14-/m0/s1. The van der Waals surface area contributed by atoms with Crippen molar-refractivity contribution in [1.82, 2.24) is 15.1 Å². The van der Waals surface area contributed by atoms with Crippen molar-refractivity contribution in [2.24, 2.45) is 0 Å². The lowest BCUT2D eigenvalue weighted by molar-refractivity contribution is 0.287. The second-order valence-electron chi connectivity index (χ2n) is 6.19. The summed E-state index contributed by atoms with van der Waals surface area (Å²) in [5.41, 5.74) is 0.888. The zero-order valence-electron chi connectivity index (χ0n) is 13.4. The van der Waals surface area contributed by atoms with Crippen molar-refractivity contribution in [3.63, 3.8) is 0 Å². The number of hydrogen-bond donors (Lipinski definition) is 0. The number of benzene rings is 1. The summed E-state index contributed by atoms with van der Waals surface area (Å²) in [5.74, 6) is 3.47. The van der Waals surface area contributed by atoms with Gasteiger partial charge in [-0.15, -0.1) is 10.2 Å². The van der Waals surface area contributed by atoms with Gasteiger partial charge >= 0.3 is 0 Å². The van der Waals surface area contributed by atoms with Crippen LogP contribution in [0.1, 0.15) is 29.7 Å². The molecule has 0 spiro atoms. The molecule has 2 aromatic heterocycles. The van der Waals surface area contributed by atoms with E-state index in [-0.39, 0.29) is 5.92 Å². The Morgan fingerprint density at radius 1 is 1.12 bits per heavy atom. The van der Waals surface area contributed by atoms with Gasteiger partial charge in [0.2, 0.25) is 11.8 Å². The van der Waals surface area contributed by atoms with Gasteiger partial charge in [-0.3, -0.25) is 4.90 Å². The van der Waals surface area contributed by atoms with Crippen LogP contribution in [0.4, 0.5) is 0 Å². The van der Waals surface area contributed by atoms with Gasteiger partial charge in [0.1, 0.15) is 11.5 Å². The molecule has 1 aliphatic heterocycles. The summed E-state index contributed by atoms with van der Waals surface area (Å²) < 4.78 is 11.5. The molecule has 3 heterocycles. The Hall–Kier alpha value is -2.11. The van der Waals surface area contributed by atoms with Crippen LogP contribution in [0.15, 0.2) is 45.2 Å². The number of nitrogens with zero attached hydrogens (tertiary/aromatic N) is 3. The van der Waals surface area contributed by atoms with Crippen LogP contribution < -0.4 is 0 Å². The van der Waals surface area contributed by atoms with Gasteiger partial charge in [0.25, 0.3) is 0 Å². The van der Waals surface area contributed by atoms with Crippen LogP contribution >= 0.6 is 11.6 Å². The summed E-state index contributed by atoms with van der Waals surface area (Å²) >= 11 is 5.91. The zero-order valence-corrected chi connectivity index (χ0v) is 14.2. The SMILES string of the molecule is Cc1ccc(CN2CC[C@H](c3nnc(-c4ccc(Cl)cc4)o3)C2)o1. The van der Waals surface area contributed by atoms with Crippen LogP contribution in [0.5, 0.6) is 0 Å². The first-order valence-corrected chi connectivity index (χ1v) is 8.42. The van der Waals surface area contributed by atoms with Gasteiger partial charge in [-0.2, -0.15) is 0 Å². The van der Waals surface area contributed by atoms with E-state index in [1.165, 1.54) is 0 Å². The van der Waals surface area contributed by atoms with Gasteiger partial charge in [-0.05, 0) is 56.3 Å². The van der Waals surface area contributed by atoms with Crippen molar-refractivity contribution in [3.8, 4) is 11.5 Å². The highest BCUT2D eigenvalue weighted by atomic mass is 35.5. The molecular weight excluding hydrogens is 326 g/mol. The maximum absolute atomic E-state index is 5.91. The summed E-state index contributed by atoms with van der Waals surface area (Å²) in [6, 6.07) is 11.5. The van der Waals surface area contributed by atoms with E-state index in [9.17, 15) is 0 Å². The normalized spacial score (nSPS) is 18.3. The van der Waals surface area contributed by atoms with Gasteiger partial charge < -0.3 is 8.83 Å². The monoisotopic (exact) mass is 343 g/mol. The molecule has 1 atom stereocenters. The molecular formula is C18H18ClN3O2. The number of hydrogen-bond acceptors (Lipinski definition) is 5. The Kier molecular flexibility index (Phi) is 4.12. The van der Waals surface area contributed by atoms with E-state index in [4.69, 9.17) is 20.4 Å². The quantitative estimate of drug-likeness (QED) is 0.707. The molecule has 24 heavy (non-hydrogen) atoms. The lowest BCUT2D eigenvalue weighted by Gasteiger charge is -2.12. The topological polar surface area (TPSA) is 55.3 Å². The largest absolute Gasteiger partial charge is 0.465 e. The summed E-state index contributed by atoms with van der Waals surface area (Å²) in [4.78, 5) is 2.36. The molecule has 0 unspecified atom stereocenters. The predicted octanol–water partition coefficient (Wildman–Crippen LogP) is 4.28. The predicted molar refractivity (Wildman–Crippen MR) is 90.8 cm³/mol. The number of halogens is 1. The molecule has 4 rings (SSSR count). The summed E-state index contributed by atoms with van der Waals surface area (Å²) in [6.45, 7) is 4.70. The fourth-order valence-electron chi connectivity index (χ4n) is 3.08. The second-order valence-corrected chi connectivity index (χ2v) is 6.62. The van der Waals surface area contributed by atoms with Crippen molar-refractivity contribution >= 4 is 11.6 Å². The van der Waals surface area contributed by atoms with E-state index >= 15 is 0 Å². The van der Waals surface area contributed by atoms with Crippen molar-refractivity contribution < 1.29 is 8.83 Å². The Bertz CT molecular complexity index is 825. The molecule has 1 aromatic carbocycles. The van der Waals surface area contributed by atoms with E-state index in [1.54, 1.807) is 0 Å². The highest BCUT2D eigenvalue weighted by Crippen LogP contribution is 2.30. The molecule has 0 aliphatic carbocycles. The van der Waals surface area contributed by atoms with Crippen LogP contribution in [-0.4, -0.2) is 28.2 Å². The molecule has 1 fully saturated rings. The van der Waals surface area contributed by atoms with Crippen LogP contribution in [-0.2, 0) is 6.54 Å². The molecule has 6 heteroatoms. The fraction of sp³-hybridized carbons (Fsp3) is 0.333. The van der Waals surface area contributed by atoms with Gasteiger partial charge in [-0.1, -0.05) is 11.6 Å². The average Bonchev–Trinajstić information content (AvgIpc) is 3.29. The first kappa shape index (κ1) is 15.4. The molecule has 124 valence electrons. The molecule has 0 bridgehead atoms. The first-order valence-electron chi connectivity index (χ1n) is 8.04. The molecule has 0 saturated carbocycles. The van der Waals surface area contributed by atoms with E-state index in [1.807, 2.05) is 43.3 Å². The number of aryl methyl sites for hydroxylation is 1. The minimum Gasteiger partial charge on any atom is -0.465 e. The van der Waals surface area contributed by atoms with E-state index in [0.29, 0.717) is 16.8 Å². The smallest absolute Gasteiger partial charge is 0.247 e. The Balaban J connectivity index is 1.43. The van der Waals surface area contributed by atoms with Gasteiger partial charge in [0, 0.05) is 17.1 Å². The van der Waals surface area contributed by atoms with Gasteiger partial charge in [0.05, 0.1) is 12.5 Å². The van der Waals surface area contributed by atoms with Gasteiger partial charge in [0.15, 0.2) is 0 Å². The minimum absolute atomic E-state index is 0.273. The van der Waals surface area contributed by atoms with Crippen LogP contribution in [0, 0.1) is 6.92 Å². The maximum Gasteiger partial charge on any atom is 0.247 e. The lowest BCUT2D eigenvalue weighted by Crippen LogP contribution is -2.19. The Morgan fingerprint density at radius 3 is 2.71 bits per heavy atom. The van der Waals surface area contributed by atoms with E-state index in [2.05, 4.69) is 15.1 Å². The summed E-state index contributed by atoms with van der Waals surface area (Å²) in [6.07, 6.45) is 1.02. The molecule has 5 nitrogen and oxygen atoms in total. The highest BCUT2D eigenvalue weighted by Gasteiger charge is 2.28. The van der Waals surface area contributed by atoms with Gasteiger partial charge in [-0.25, -0.2) is 0 Å². The molecule has 0 amide bonds. The third-order valence-corrected chi connectivity index (χ3v) is 4.58. The molecule has 3 aromatic rings. The highest BCUT2D eigenvalue weighted by molar-refractivity contribution is 6.30. The van der Waals surface area contributed by atoms with E-state index in [0.717, 1.165) is 43.1 Å². The minimum atomic E-state index is 0.273. The number of aromatic nitrogens is 2. The lowest BCUT2D eigenvalue weighted by atomic mass is 10.1. The molecule has 1 aliphatic rings. The first-order chi connectivity index (χ1) is 11.7. The van der Waals surface area contributed by atoms with Crippen LogP contribution in [0.2, 0.25) is 5.02 Å². The van der Waals surface area contributed by atoms with Crippen LogP contribution in [0.3, 0.4) is 0 Å². The Labute approximate surface area is 145 Å². The maximum atomic E-state index is 5.91. The van der Waals surface area contributed by atoms with Crippen molar-refractivity contribution in [1.29, 1.82) is 0 Å². The fourth-order valence-corrected chi connectivity index (χ4v) is 3.20.